The van der Waals surface area contributed by atoms with Gasteiger partial charge in [0.2, 0.25) is 0 Å². The topological polar surface area (TPSA) is 84.6 Å². The number of aliphatic hydroxyl groups excluding tert-OH is 1. The van der Waals surface area contributed by atoms with Crippen molar-refractivity contribution in [2.75, 3.05) is 26.4 Å². The zero-order valence-electron chi connectivity index (χ0n) is 10.3. The van der Waals surface area contributed by atoms with Crippen molar-refractivity contribution in [1.29, 1.82) is 0 Å². The second-order valence-corrected chi connectivity index (χ2v) is 5.20. The minimum atomic E-state index is -0.499. The van der Waals surface area contributed by atoms with Crippen molar-refractivity contribution in [3.8, 4) is 0 Å². The summed E-state index contributed by atoms with van der Waals surface area (Å²) in [6.45, 7) is 2.25. The molecule has 1 saturated heterocycles. The summed E-state index contributed by atoms with van der Waals surface area (Å²) in [5.74, 6) is 0. The highest BCUT2D eigenvalue weighted by Gasteiger charge is 2.37. The molecule has 1 aromatic carbocycles. The molecule has 0 amide bonds. The highest BCUT2D eigenvalue weighted by Crippen LogP contribution is 2.27. The number of nitrogens with zero attached hydrogens (tertiary/aromatic N) is 1. The highest BCUT2D eigenvalue weighted by molar-refractivity contribution is 6.32. The first-order valence-corrected chi connectivity index (χ1v) is 6.26. The molecule has 0 aliphatic carbocycles. The molecule has 1 aliphatic heterocycles. The molecule has 1 fully saturated rings. The summed E-state index contributed by atoms with van der Waals surface area (Å²) < 4.78 is 5.09. The van der Waals surface area contributed by atoms with Gasteiger partial charge in [0.05, 0.1) is 30.2 Å². The molecule has 19 heavy (non-hydrogen) atoms. The van der Waals surface area contributed by atoms with Gasteiger partial charge in [0.15, 0.2) is 0 Å². The van der Waals surface area contributed by atoms with Gasteiger partial charge in [0.1, 0.15) is 5.02 Å². The number of benzene rings is 1. The SMILES string of the molecule is O=[N+]([O-])c1cc(CNCC2(CO)COC2)ccc1Cl. The summed E-state index contributed by atoms with van der Waals surface area (Å²) in [6.07, 6.45) is 0. The number of hydrogen-bond donors (Lipinski definition) is 2. The van der Waals surface area contributed by atoms with Crippen molar-refractivity contribution in [2.45, 2.75) is 6.54 Å². The number of ether oxygens (including phenoxy) is 1. The number of hydrogen-bond acceptors (Lipinski definition) is 5. The van der Waals surface area contributed by atoms with E-state index < -0.39 is 4.92 Å². The first kappa shape index (κ1) is 14.2. The number of nitrogens with one attached hydrogen (secondary N) is 1. The van der Waals surface area contributed by atoms with Gasteiger partial charge in [-0.3, -0.25) is 10.1 Å². The van der Waals surface area contributed by atoms with Crippen LogP contribution in [0.2, 0.25) is 5.02 Å². The fraction of sp³-hybridized carbons (Fsp3) is 0.500. The van der Waals surface area contributed by atoms with Crippen LogP contribution >= 0.6 is 11.6 Å². The lowest BCUT2D eigenvalue weighted by Gasteiger charge is -2.40. The van der Waals surface area contributed by atoms with Gasteiger partial charge in [0, 0.05) is 19.2 Å². The molecule has 1 aliphatic rings. The van der Waals surface area contributed by atoms with E-state index in [2.05, 4.69) is 5.32 Å². The average Bonchev–Trinajstić information content (AvgIpc) is 2.34. The van der Waals surface area contributed by atoms with Crippen LogP contribution in [0.3, 0.4) is 0 Å². The minimum Gasteiger partial charge on any atom is -0.396 e. The number of halogens is 1. The maximum atomic E-state index is 10.8. The Bertz CT molecular complexity index is 471. The first-order chi connectivity index (χ1) is 9.06. The summed E-state index contributed by atoms with van der Waals surface area (Å²) in [5.41, 5.74) is 0.479. The van der Waals surface area contributed by atoms with E-state index in [1.54, 1.807) is 6.07 Å². The van der Waals surface area contributed by atoms with Gasteiger partial charge in [0.25, 0.3) is 5.69 Å². The van der Waals surface area contributed by atoms with Crippen molar-refractivity contribution in [3.63, 3.8) is 0 Å². The fourth-order valence-corrected chi connectivity index (χ4v) is 2.11. The highest BCUT2D eigenvalue weighted by atomic mass is 35.5. The van der Waals surface area contributed by atoms with Crippen LogP contribution in [0, 0.1) is 15.5 Å². The van der Waals surface area contributed by atoms with Gasteiger partial charge in [-0.1, -0.05) is 17.7 Å². The molecule has 1 heterocycles. The molecule has 0 bridgehead atoms. The van der Waals surface area contributed by atoms with E-state index in [1.165, 1.54) is 12.1 Å². The van der Waals surface area contributed by atoms with Crippen LogP contribution < -0.4 is 5.32 Å². The van der Waals surface area contributed by atoms with Gasteiger partial charge < -0.3 is 15.2 Å². The van der Waals surface area contributed by atoms with Gasteiger partial charge in [-0.2, -0.15) is 0 Å². The Morgan fingerprint density at radius 1 is 1.53 bits per heavy atom. The van der Waals surface area contributed by atoms with Crippen LogP contribution in [-0.4, -0.2) is 36.4 Å². The number of nitro benzene ring substituents is 1. The molecular formula is C12H15ClN2O4. The van der Waals surface area contributed by atoms with Crippen LogP contribution in [0.1, 0.15) is 5.56 Å². The van der Waals surface area contributed by atoms with E-state index in [0.717, 1.165) is 5.56 Å². The summed E-state index contributed by atoms with van der Waals surface area (Å²) in [4.78, 5) is 10.3. The van der Waals surface area contributed by atoms with Crippen LogP contribution in [0.5, 0.6) is 0 Å². The van der Waals surface area contributed by atoms with Crippen molar-refractivity contribution in [1.82, 2.24) is 5.32 Å². The molecule has 1 aromatic rings. The second-order valence-electron chi connectivity index (χ2n) is 4.80. The molecule has 0 unspecified atom stereocenters. The summed E-state index contributed by atoms with van der Waals surface area (Å²) in [6, 6.07) is 4.72. The lowest BCUT2D eigenvalue weighted by atomic mass is 9.87. The molecule has 2 rings (SSSR count). The van der Waals surface area contributed by atoms with E-state index in [-0.39, 0.29) is 22.7 Å². The zero-order valence-corrected chi connectivity index (χ0v) is 11.0. The molecule has 0 radical (unpaired) electrons. The van der Waals surface area contributed by atoms with E-state index in [9.17, 15) is 15.2 Å². The molecule has 0 atom stereocenters. The summed E-state index contributed by atoms with van der Waals surface area (Å²) >= 11 is 5.74. The quantitative estimate of drug-likeness (QED) is 0.609. The second kappa shape index (κ2) is 5.83. The Morgan fingerprint density at radius 3 is 2.79 bits per heavy atom. The van der Waals surface area contributed by atoms with Gasteiger partial charge >= 0.3 is 0 Å². The maximum absolute atomic E-state index is 10.8. The zero-order chi connectivity index (χ0) is 13.9. The van der Waals surface area contributed by atoms with Crippen molar-refractivity contribution in [3.05, 3.63) is 38.9 Å². The molecule has 0 aromatic heterocycles. The smallest absolute Gasteiger partial charge is 0.288 e. The Morgan fingerprint density at radius 2 is 2.26 bits per heavy atom. The average molecular weight is 287 g/mol. The van der Waals surface area contributed by atoms with Crippen LogP contribution in [0.4, 0.5) is 5.69 Å². The first-order valence-electron chi connectivity index (χ1n) is 5.88. The third-order valence-corrected chi connectivity index (χ3v) is 3.51. The fourth-order valence-electron chi connectivity index (χ4n) is 1.92. The number of nitro groups is 1. The van der Waals surface area contributed by atoms with Gasteiger partial charge in [-0.25, -0.2) is 0 Å². The lowest BCUT2D eigenvalue weighted by molar-refractivity contribution is -0.384. The molecule has 7 heteroatoms. The number of rotatable bonds is 6. The Balaban J connectivity index is 1.93. The van der Waals surface area contributed by atoms with E-state index in [1.807, 2.05) is 0 Å². The molecule has 0 saturated carbocycles. The van der Waals surface area contributed by atoms with E-state index >= 15 is 0 Å². The number of aliphatic hydroxyl groups is 1. The van der Waals surface area contributed by atoms with Crippen molar-refractivity contribution < 1.29 is 14.8 Å². The molecule has 0 spiro atoms. The van der Waals surface area contributed by atoms with Crippen LogP contribution in [0.25, 0.3) is 0 Å². The molecular weight excluding hydrogens is 272 g/mol. The van der Waals surface area contributed by atoms with Crippen molar-refractivity contribution in [2.24, 2.45) is 5.41 Å². The minimum absolute atomic E-state index is 0.0702. The monoisotopic (exact) mass is 286 g/mol. The van der Waals surface area contributed by atoms with E-state index in [0.29, 0.717) is 26.3 Å². The lowest BCUT2D eigenvalue weighted by Crippen LogP contribution is -2.52. The standard InChI is InChI=1S/C12H15ClN2O4/c13-10-2-1-9(3-11(10)15(17)18)4-14-5-12(6-16)7-19-8-12/h1-3,14,16H,4-8H2. The predicted molar refractivity (Wildman–Crippen MR) is 70.2 cm³/mol. The molecule has 104 valence electrons. The maximum Gasteiger partial charge on any atom is 0.288 e. The Kier molecular flexibility index (Phi) is 4.36. The normalized spacial score (nSPS) is 16.9. The van der Waals surface area contributed by atoms with Gasteiger partial charge in [-0.15, -0.1) is 0 Å². The predicted octanol–water partition coefficient (Wildman–Crippen LogP) is 1.35. The third-order valence-electron chi connectivity index (χ3n) is 3.19. The van der Waals surface area contributed by atoms with Crippen LogP contribution in [-0.2, 0) is 11.3 Å². The largest absolute Gasteiger partial charge is 0.396 e. The third kappa shape index (κ3) is 3.22. The summed E-state index contributed by atoms with van der Waals surface area (Å²) in [5, 5.41) is 23.3. The van der Waals surface area contributed by atoms with E-state index in [4.69, 9.17) is 16.3 Å². The Labute approximate surface area is 115 Å². The summed E-state index contributed by atoms with van der Waals surface area (Å²) in [7, 11) is 0. The Hall–Kier alpha value is -1.21. The van der Waals surface area contributed by atoms with Crippen LogP contribution in [0.15, 0.2) is 18.2 Å². The van der Waals surface area contributed by atoms with Crippen molar-refractivity contribution >= 4 is 17.3 Å². The molecule has 6 nitrogen and oxygen atoms in total. The molecule has 2 N–H and O–H groups in total. The van der Waals surface area contributed by atoms with Gasteiger partial charge in [-0.05, 0) is 11.6 Å².